The number of nitrogens with one attached hydrogen (secondary N) is 1. The first-order chi connectivity index (χ1) is 8.92. The normalized spacial score (nSPS) is 13.7. The quantitative estimate of drug-likeness (QED) is 0.561. The van der Waals surface area contributed by atoms with Crippen LogP contribution in [0.25, 0.3) is 0 Å². The van der Waals surface area contributed by atoms with Gasteiger partial charge < -0.3 is 25.2 Å². The molecule has 7 nitrogen and oxygen atoms in total. The molecule has 0 rings (SSSR count). The van der Waals surface area contributed by atoms with Crippen LogP contribution < -0.4 is 5.32 Å². The summed E-state index contributed by atoms with van der Waals surface area (Å²) in [5.74, 6) is -1.05. The van der Waals surface area contributed by atoms with Gasteiger partial charge in [0.05, 0.1) is 19.3 Å². The summed E-state index contributed by atoms with van der Waals surface area (Å²) in [5, 5.41) is 20.9. The van der Waals surface area contributed by atoms with E-state index >= 15 is 0 Å². The van der Waals surface area contributed by atoms with Crippen LogP contribution in [0.4, 0.5) is 4.79 Å². The Hall–Kier alpha value is -1.34. The third kappa shape index (κ3) is 7.63. The molecule has 7 heteroatoms. The zero-order valence-electron chi connectivity index (χ0n) is 11.8. The highest BCUT2D eigenvalue weighted by atomic mass is 16.5. The highest BCUT2D eigenvalue weighted by Gasteiger charge is 2.22. The molecular formula is C12H24N2O5. The van der Waals surface area contributed by atoms with E-state index in [0.717, 1.165) is 12.8 Å². The van der Waals surface area contributed by atoms with Crippen molar-refractivity contribution in [3.63, 3.8) is 0 Å². The largest absolute Gasteiger partial charge is 0.480 e. The van der Waals surface area contributed by atoms with Gasteiger partial charge in [0.15, 0.2) is 0 Å². The van der Waals surface area contributed by atoms with Crippen LogP contribution in [0.2, 0.25) is 0 Å². The van der Waals surface area contributed by atoms with Gasteiger partial charge in [-0.15, -0.1) is 0 Å². The molecule has 0 bridgehead atoms. The monoisotopic (exact) mass is 276 g/mol. The zero-order chi connectivity index (χ0) is 14.8. The molecule has 2 unspecified atom stereocenters. The second kappa shape index (κ2) is 9.57. The lowest BCUT2D eigenvalue weighted by atomic mass is 10.1. The van der Waals surface area contributed by atoms with E-state index < -0.39 is 24.1 Å². The number of amides is 2. The van der Waals surface area contributed by atoms with Gasteiger partial charge in [-0.2, -0.15) is 0 Å². The fraction of sp³-hybridized carbons (Fsp3) is 0.833. The van der Waals surface area contributed by atoms with Crippen LogP contribution in [0, 0.1) is 0 Å². The Morgan fingerprint density at radius 1 is 1.42 bits per heavy atom. The molecule has 0 fully saturated rings. The maximum absolute atomic E-state index is 11.8. The summed E-state index contributed by atoms with van der Waals surface area (Å²) in [7, 11) is 2.95. The Labute approximate surface area is 113 Å². The smallest absolute Gasteiger partial charge is 0.326 e. The van der Waals surface area contributed by atoms with Gasteiger partial charge in [-0.25, -0.2) is 9.59 Å². The number of nitrogens with zero attached hydrogens (tertiary/aromatic N) is 1. The Kier molecular flexibility index (Phi) is 8.90. The van der Waals surface area contributed by atoms with E-state index in [4.69, 9.17) is 9.84 Å². The highest BCUT2D eigenvalue weighted by Crippen LogP contribution is 2.02. The molecule has 0 radical (unpaired) electrons. The summed E-state index contributed by atoms with van der Waals surface area (Å²) in [6.07, 6.45) is 1.20. The predicted molar refractivity (Wildman–Crippen MR) is 70.0 cm³/mol. The first-order valence-corrected chi connectivity index (χ1v) is 6.33. The van der Waals surface area contributed by atoms with Crippen LogP contribution in [0.15, 0.2) is 0 Å². The minimum atomic E-state index is -1.05. The number of carbonyl (C=O) groups excluding carboxylic acids is 1. The first kappa shape index (κ1) is 17.7. The van der Waals surface area contributed by atoms with Crippen LogP contribution in [0.3, 0.4) is 0 Å². The zero-order valence-corrected chi connectivity index (χ0v) is 11.8. The highest BCUT2D eigenvalue weighted by molar-refractivity contribution is 5.82. The van der Waals surface area contributed by atoms with E-state index in [1.54, 1.807) is 0 Å². The number of likely N-dealkylation sites (N-methyl/N-ethyl adjacent to an activating group) is 1. The molecule has 0 spiro atoms. The van der Waals surface area contributed by atoms with Gasteiger partial charge in [-0.05, 0) is 6.42 Å². The number of rotatable bonds is 9. The molecular weight excluding hydrogens is 252 g/mol. The minimum absolute atomic E-state index is 0.0831. The standard InChI is InChI=1S/C12H24N2O5/c1-4-5-6-10(11(16)17)13-12(18)14(2)7-9(15)8-19-3/h9-10,15H,4-8H2,1-3H3,(H,13,18)(H,16,17). The number of carbonyl (C=O) groups is 2. The summed E-state index contributed by atoms with van der Waals surface area (Å²) in [6, 6.07) is -1.41. The van der Waals surface area contributed by atoms with Crippen molar-refractivity contribution >= 4 is 12.0 Å². The predicted octanol–water partition coefficient (Wildman–Crippen LogP) is 0.279. The molecule has 0 heterocycles. The number of aliphatic hydroxyl groups is 1. The second-order valence-electron chi connectivity index (χ2n) is 4.47. The third-order valence-electron chi connectivity index (χ3n) is 2.63. The van der Waals surface area contributed by atoms with E-state index in [9.17, 15) is 14.7 Å². The van der Waals surface area contributed by atoms with Crippen molar-refractivity contribution in [3.05, 3.63) is 0 Å². The number of aliphatic carboxylic acids is 1. The maximum Gasteiger partial charge on any atom is 0.326 e. The van der Waals surface area contributed by atoms with Crippen LogP contribution in [0.1, 0.15) is 26.2 Å². The Morgan fingerprint density at radius 2 is 2.05 bits per heavy atom. The van der Waals surface area contributed by atoms with Gasteiger partial charge in [0.2, 0.25) is 0 Å². The lowest BCUT2D eigenvalue weighted by Crippen LogP contribution is -2.48. The van der Waals surface area contributed by atoms with Crippen molar-refractivity contribution in [1.82, 2.24) is 10.2 Å². The lowest BCUT2D eigenvalue weighted by molar-refractivity contribution is -0.139. The van der Waals surface area contributed by atoms with Gasteiger partial charge in [-0.1, -0.05) is 19.8 Å². The first-order valence-electron chi connectivity index (χ1n) is 6.33. The summed E-state index contributed by atoms with van der Waals surface area (Å²) in [4.78, 5) is 24.0. The number of aliphatic hydroxyl groups excluding tert-OH is 1. The number of carboxylic acid groups (broad SMARTS) is 1. The molecule has 2 amide bonds. The molecule has 2 atom stereocenters. The number of unbranched alkanes of at least 4 members (excludes halogenated alkanes) is 1. The van der Waals surface area contributed by atoms with Crippen molar-refractivity contribution in [2.75, 3.05) is 27.3 Å². The molecule has 0 aromatic rings. The fourth-order valence-corrected chi connectivity index (χ4v) is 1.57. The van der Waals surface area contributed by atoms with E-state index in [0.29, 0.717) is 6.42 Å². The van der Waals surface area contributed by atoms with E-state index in [1.165, 1.54) is 19.1 Å². The van der Waals surface area contributed by atoms with E-state index in [2.05, 4.69) is 5.32 Å². The molecule has 0 aliphatic carbocycles. The molecule has 3 N–H and O–H groups in total. The molecule has 0 saturated heterocycles. The topological polar surface area (TPSA) is 99.1 Å². The number of methoxy groups -OCH3 is 1. The van der Waals surface area contributed by atoms with E-state index in [-0.39, 0.29) is 13.2 Å². The summed E-state index contributed by atoms with van der Waals surface area (Å²) in [5.41, 5.74) is 0. The Morgan fingerprint density at radius 3 is 2.53 bits per heavy atom. The van der Waals surface area contributed by atoms with Crippen molar-refractivity contribution in [2.45, 2.75) is 38.3 Å². The van der Waals surface area contributed by atoms with Gasteiger partial charge in [0.25, 0.3) is 0 Å². The van der Waals surface area contributed by atoms with Gasteiger partial charge in [0, 0.05) is 14.2 Å². The summed E-state index contributed by atoms with van der Waals surface area (Å²) in [6.45, 7) is 2.16. The summed E-state index contributed by atoms with van der Waals surface area (Å²) >= 11 is 0. The van der Waals surface area contributed by atoms with Crippen molar-refractivity contribution < 1.29 is 24.5 Å². The summed E-state index contributed by atoms with van der Waals surface area (Å²) < 4.78 is 4.75. The Balaban J connectivity index is 4.26. The van der Waals surface area contributed by atoms with Crippen molar-refractivity contribution in [3.8, 4) is 0 Å². The van der Waals surface area contributed by atoms with Crippen molar-refractivity contribution in [2.24, 2.45) is 0 Å². The van der Waals surface area contributed by atoms with Gasteiger partial charge in [-0.3, -0.25) is 0 Å². The van der Waals surface area contributed by atoms with Crippen molar-refractivity contribution in [1.29, 1.82) is 0 Å². The van der Waals surface area contributed by atoms with E-state index in [1.807, 2.05) is 6.92 Å². The Bertz CT molecular complexity index is 285. The third-order valence-corrected chi connectivity index (χ3v) is 2.63. The molecule has 0 aliphatic rings. The lowest BCUT2D eigenvalue weighted by Gasteiger charge is -2.23. The van der Waals surface area contributed by atoms with Crippen LogP contribution in [0.5, 0.6) is 0 Å². The van der Waals surface area contributed by atoms with Crippen LogP contribution in [-0.4, -0.2) is 66.6 Å². The molecule has 0 aromatic heterocycles. The number of carboxylic acids is 1. The number of ether oxygens (including phenoxy) is 1. The molecule has 0 aromatic carbocycles. The molecule has 112 valence electrons. The van der Waals surface area contributed by atoms with Gasteiger partial charge >= 0.3 is 12.0 Å². The molecule has 19 heavy (non-hydrogen) atoms. The maximum atomic E-state index is 11.8. The fourth-order valence-electron chi connectivity index (χ4n) is 1.57. The number of urea groups is 1. The minimum Gasteiger partial charge on any atom is -0.480 e. The number of hydrogen-bond donors (Lipinski definition) is 3. The average molecular weight is 276 g/mol. The molecule has 0 saturated carbocycles. The number of hydrogen-bond acceptors (Lipinski definition) is 4. The van der Waals surface area contributed by atoms with Gasteiger partial charge in [0.1, 0.15) is 6.04 Å². The van der Waals surface area contributed by atoms with Crippen LogP contribution in [-0.2, 0) is 9.53 Å². The second-order valence-corrected chi connectivity index (χ2v) is 4.47. The average Bonchev–Trinajstić information content (AvgIpc) is 2.33. The SMILES string of the molecule is CCCCC(NC(=O)N(C)CC(O)COC)C(=O)O. The molecule has 0 aliphatic heterocycles. The van der Waals surface area contributed by atoms with Crippen LogP contribution >= 0.6 is 0 Å².